The molecule has 0 spiro atoms. The van der Waals surface area contributed by atoms with E-state index in [4.69, 9.17) is 10.2 Å². The molecule has 92 valence electrons. The average Bonchev–Trinajstić information content (AvgIpc) is 2.00. The number of thioether (sulfide) groups is 1. The highest BCUT2D eigenvalue weighted by atomic mass is 32.2. The Bertz CT molecular complexity index is 136. The van der Waals surface area contributed by atoms with E-state index in [1.54, 1.807) is 13.8 Å². The zero-order chi connectivity index (χ0) is 11.8. The predicted molar refractivity (Wildman–Crippen MR) is 61.9 cm³/mol. The second kappa shape index (κ2) is 8.35. The smallest absolute Gasteiger partial charge is 0.0655 e. The lowest BCUT2D eigenvalue weighted by atomic mass is 10.2. The quantitative estimate of drug-likeness (QED) is 0.478. The summed E-state index contributed by atoms with van der Waals surface area (Å²) in [5.74, 6) is 1.00. The second-order valence-electron chi connectivity index (χ2n) is 4.01. The standard InChI is InChI=1S/C10H22O4S/c1-7(11)3-9(13)5-15-6-10(14)4-8(2)12/h7-14H,3-6H2,1-2H3. The molecule has 0 aliphatic rings. The van der Waals surface area contributed by atoms with Crippen LogP contribution in [0.15, 0.2) is 0 Å². The van der Waals surface area contributed by atoms with Gasteiger partial charge in [-0.05, 0) is 26.7 Å². The Morgan fingerprint density at radius 2 is 1.13 bits per heavy atom. The van der Waals surface area contributed by atoms with Crippen molar-refractivity contribution in [1.82, 2.24) is 0 Å². The van der Waals surface area contributed by atoms with Crippen molar-refractivity contribution < 1.29 is 20.4 Å². The van der Waals surface area contributed by atoms with Gasteiger partial charge in [-0.15, -0.1) is 0 Å². The molecular weight excluding hydrogens is 216 g/mol. The predicted octanol–water partition coefficient (Wildman–Crippen LogP) is -0.0168. The van der Waals surface area contributed by atoms with E-state index in [0.29, 0.717) is 24.3 Å². The summed E-state index contributed by atoms with van der Waals surface area (Å²) in [5, 5.41) is 36.8. The van der Waals surface area contributed by atoms with Gasteiger partial charge in [-0.25, -0.2) is 0 Å². The van der Waals surface area contributed by atoms with Gasteiger partial charge in [-0.1, -0.05) is 0 Å². The van der Waals surface area contributed by atoms with Crippen LogP contribution in [-0.4, -0.2) is 56.3 Å². The van der Waals surface area contributed by atoms with Crippen LogP contribution >= 0.6 is 11.8 Å². The van der Waals surface area contributed by atoms with Crippen LogP contribution in [0.4, 0.5) is 0 Å². The first-order chi connectivity index (χ1) is 6.91. The van der Waals surface area contributed by atoms with Crippen LogP contribution in [-0.2, 0) is 0 Å². The van der Waals surface area contributed by atoms with Gasteiger partial charge in [-0.2, -0.15) is 11.8 Å². The van der Waals surface area contributed by atoms with Crippen molar-refractivity contribution in [2.45, 2.75) is 51.1 Å². The lowest BCUT2D eigenvalue weighted by Gasteiger charge is -2.15. The normalized spacial score (nSPS) is 19.6. The molecule has 0 aliphatic heterocycles. The van der Waals surface area contributed by atoms with Crippen molar-refractivity contribution in [2.24, 2.45) is 0 Å². The van der Waals surface area contributed by atoms with Gasteiger partial charge in [0, 0.05) is 11.5 Å². The molecule has 0 bridgehead atoms. The SMILES string of the molecule is CC(O)CC(O)CSCC(O)CC(C)O. The minimum absolute atomic E-state index is 0.361. The average molecular weight is 238 g/mol. The Kier molecular flexibility index (Phi) is 8.46. The number of rotatable bonds is 8. The summed E-state index contributed by atoms with van der Waals surface area (Å²) in [6.45, 7) is 3.27. The Hall–Kier alpha value is 0.190. The van der Waals surface area contributed by atoms with Gasteiger partial charge in [0.2, 0.25) is 0 Å². The molecule has 5 heteroatoms. The van der Waals surface area contributed by atoms with Crippen LogP contribution < -0.4 is 0 Å². The van der Waals surface area contributed by atoms with Gasteiger partial charge in [-0.3, -0.25) is 0 Å². The highest BCUT2D eigenvalue weighted by Crippen LogP contribution is 2.11. The molecule has 0 aromatic carbocycles. The molecule has 0 aromatic rings. The Balaban J connectivity index is 3.44. The van der Waals surface area contributed by atoms with Crippen molar-refractivity contribution in [3.8, 4) is 0 Å². The summed E-state index contributed by atoms with van der Waals surface area (Å²) < 4.78 is 0. The van der Waals surface area contributed by atoms with Crippen LogP contribution in [0.25, 0.3) is 0 Å². The lowest BCUT2D eigenvalue weighted by Crippen LogP contribution is -2.21. The molecule has 0 radical (unpaired) electrons. The maximum atomic E-state index is 9.40. The fraction of sp³-hybridized carbons (Fsp3) is 1.00. The molecule has 4 nitrogen and oxygen atoms in total. The van der Waals surface area contributed by atoms with Crippen molar-refractivity contribution in [3.63, 3.8) is 0 Å². The van der Waals surface area contributed by atoms with E-state index in [2.05, 4.69) is 0 Å². The zero-order valence-corrected chi connectivity index (χ0v) is 10.2. The van der Waals surface area contributed by atoms with E-state index in [9.17, 15) is 10.2 Å². The first kappa shape index (κ1) is 15.2. The van der Waals surface area contributed by atoms with Gasteiger partial charge in [0.15, 0.2) is 0 Å². The minimum atomic E-state index is -0.534. The Morgan fingerprint density at radius 1 is 0.800 bits per heavy atom. The number of aliphatic hydroxyl groups excluding tert-OH is 4. The Labute approximate surface area is 95.3 Å². The second-order valence-corrected chi connectivity index (χ2v) is 5.09. The summed E-state index contributed by atoms with van der Waals surface area (Å²) in [7, 11) is 0. The molecule has 4 atom stereocenters. The molecule has 0 rings (SSSR count). The molecule has 0 saturated heterocycles. The van der Waals surface area contributed by atoms with Crippen LogP contribution in [0.5, 0.6) is 0 Å². The van der Waals surface area contributed by atoms with E-state index in [1.165, 1.54) is 11.8 Å². The molecular formula is C10H22O4S. The van der Waals surface area contributed by atoms with Gasteiger partial charge < -0.3 is 20.4 Å². The fourth-order valence-corrected chi connectivity index (χ4v) is 2.22. The van der Waals surface area contributed by atoms with E-state index >= 15 is 0 Å². The van der Waals surface area contributed by atoms with Gasteiger partial charge in [0.25, 0.3) is 0 Å². The van der Waals surface area contributed by atoms with Crippen molar-refractivity contribution in [1.29, 1.82) is 0 Å². The largest absolute Gasteiger partial charge is 0.393 e. The third kappa shape index (κ3) is 10.5. The highest BCUT2D eigenvalue weighted by Gasteiger charge is 2.11. The molecule has 0 aromatic heterocycles. The van der Waals surface area contributed by atoms with E-state index in [1.807, 2.05) is 0 Å². The first-order valence-corrected chi connectivity index (χ1v) is 6.37. The van der Waals surface area contributed by atoms with E-state index in [0.717, 1.165) is 0 Å². The summed E-state index contributed by atoms with van der Waals surface area (Å²) in [6.07, 6.45) is -1.34. The summed E-state index contributed by atoms with van der Waals surface area (Å²) in [5.41, 5.74) is 0. The summed E-state index contributed by atoms with van der Waals surface area (Å²) in [6, 6.07) is 0. The molecule has 0 saturated carbocycles. The Morgan fingerprint density at radius 3 is 1.40 bits per heavy atom. The van der Waals surface area contributed by atoms with Crippen LogP contribution in [0.3, 0.4) is 0 Å². The molecule has 4 N–H and O–H groups in total. The van der Waals surface area contributed by atoms with E-state index < -0.39 is 24.4 Å². The number of hydrogen-bond acceptors (Lipinski definition) is 5. The van der Waals surface area contributed by atoms with Gasteiger partial charge >= 0.3 is 0 Å². The maximum Gasteiger partial charge on any atom is 0.0655 e. The molecule has 0 fully saturated rings. The van der Waals surface area contributed by atoms with E-state index in [-0.39, 0.29) is 0 Å². The van der Waals surface area contributed by atoms with Gasteiger partial charge in [0.1, 0.15) is 0 Å². The van der Waals surface area contributed by atoms with Crippen LogP contribution in [0.2, 0.25) is 0 Å². The molecule has 15 heavy (non-hydrogen) atoms. The molecule has 0 heterocycles. The van der Waals surface area contributed by atoms with Crippen molar-refractivity contribution >= 4 is 11.8 Å². The fourth-order valence-electron chi connectivity index (χ4n) is 1.26. The maximum absolute atomic E-state index is 9.40. The zero-order valence-electron chi connectivity index (χ0n) is 9.33. The third-order valence-corrected chi connectivity index (χ3v) is 3.09. The number of hydrogen-bond donors (Lipinski definition) is 4. The highest BCUT2D eigenvalue weighted by molar-refractivity contribution is 7.99. The number of aliphatic hydroxyl groups is 4. The molecule has 4 unspecified atom stereocenters. The lowest BCUT2D eigenvalue weighted by molar-refractivity contribution is 0.102. The first-order valence-electron chi connectivity index (χ1n) is 5.21. The third-order valence-electron chi connectivity index (χ3n) is 1.85. The monoisotopic (exact) mass is 238 g/mol. The molecule has 0 amide bonds. The van der Waals surface area contributed by atoms with Crippen molar-refractivity contribution in [3.05, 3.63) is 0 Å². The molecule has 0 aliphatic carbocycles. The van der Waals surface area contributed by atoms with Crippen molar-refractivity contribution in [2.75, 3.05) is 11.5 Å². The van der Waals surface area contributed by atoms with Crippen LogP contribution in [0.1, 0.15) is 26.7 Å². The summed E-state index contributed by atoms with van der Waals surface area (Å²) in [4.78, 5) is 0. The topological polar surface area (TPSA) is 80.9 Å². The van der Waals surface area contributed by atoms with Crippen LogP contribution in [0, 0.1) is 0 Å². The van der Waals surface area contributed by atoms with Gasteiger partial charge in [0.05, 0.1) is 24.4 Å². The summed E-state index contributed by atoms with van der Waals surface area (Å²) >= 11 is 1.43. The minimum Gasteiger partial charge on any atom is -0.393 e.